The van der Waals surface area contributed by atoms with Crippen molar-refractivity contribution in [1.82, 2.24) is 5.32 Å². The van der Waals surface area contributed by atoms with Gasteiger partial charge in [0.15, 0.2) is 9.84 Å². The minimum atomic E-state index is -2.88. The van der Waals surface area contributed by atoms with Crippen molar-refractivity contribution in [2.75, 3.05) is 37.8 Å². The van der Waals surface area contributed by atoms with Crippen LogP contribution in [0.25, 0.3) is 0 Å². The van der Waals surface area contributed by atoms with Gasteiger partial charge in [0.05, 0.1) is 18.1 Å². The molecule has 4 nitrogen and oxygen atoms in total. The van der Waals surface area contributed by atoms with Crippen LogP contribution in [0.4, 0.5) is 0 Å². The molecule has 0 bridgehead atoms. The fourth-order valence-electron chi connectivity index (χ4n) is 1.36. The largest absolute Gasteiger partial charge is 0.380 e. The molecule has 0 fully saturated rings. The van der Waals surface area contributed by atoms with Crippen LogP contribution in [0.2, 0.25) is 0 Å². The summed E-state index contributed by atoms with van der Waals surface area (Å²) in [7, 11) is -2.88. The molecular formula is C13H29NO3S. The molecule has 5 heteroatoms. The van der Waals surface area contributed by atoms with Gasteiger partial charge in [-0.25, -0.2) is 8.42 Å². The normalized spacial score (nSPS) is 12.2. The van der Waals surface area contributed by atoms with E-state index >= 15 is 0 Å². The Kier molecular flexibility index (Phi) is 10.7. The van der Waals surface area contributed by atoms with Crippen LogP contribution in [0.5, 0.6) is 0 Å². The molecule has 0 atom stereocenters. The third-order valence-electron chi connectivity index (χ3n) is 2.66. The zero-order chi connectivity index (χ0) is 13.9. The van der Waals surface area contributed by atoms with Crippen LogP contribution in [-0.2, 0) is 14.6 Å². The van der Waals surface area contributed by atoms with E-state index in [-0.39, 0.29) is 5.75 Å². The van der Waals surface area contributed by atoms with E-state index in [2.05, 4.69) is 12.2 Å². The fraction of sp³-hybridized carbons (Fsp3) is 1.00. The third kappa shape index (κ3) is 12.3. The van der Waals surface area contributed by atoms with E-state index in [1.807, 2.05) is 13.8 Å². The average molecular weight is 279 g/mol. The molecule has 0 spiro atoms. The van der Waals surface area contributed by atoms with Gasteiger partial charge in [-0.05, 0) is 18.8 Å². The lowest BCUT2D eigenvalue weighted by Crippen LogP contribution is -2.27. The van der Waals surface area contributed by atoms with Gasteiger partial charge in [-0.15, -0.1) is 0 Å². The molecule has 0 radical (unpaired) electrons. The first-order valence-electron chi connectivity index (χ1n) is 6.97. The molecule has 0 aliphatic heterocycles. The van der Waals surface area contributed by atoms with Crippen LogP contribution in [0, 0.1) is 5.92 Å². The number of ether oxygens (including phenoxy) is 1. The number of sulfone groups is 1. The highest BCUT2D eigenvalue weighted by atomic mass is 32.2. The van der Waals surface area contributed by atoms with E-state index in [1.54, 1.807) is 0 Å². The maximum atomic E-state index is 11.6. The second-order valence-corrected chi connectivity index (χ2v) is 7.35. The standard InChI is InChI=1S/C13H29NO3S/c1-4-5-9-17-10-7-14-8-12-18(15,16)11-6-13(2)3/h13-14H,4-12H2,1-3H3. The van der Waals surface area contributed by atoms with Crippen molar-refractivity contribution in [2.24, 2.45) is 5.92 Å². The Morgan fingerprint density at radius 1 is 1.11 bits per heavy atom. The Morgan fingerprint density at radius 3 is 2.44 bits per heavy atom. The Labute approximate surface area is 112 Å². The summed E-state index contributed by atoms with van der Waals surface area (Å²) >= 11 is 0. The molecule has 0 rings (SSSR count). The smallest absolute Gasteiger partial charge is 0.151 e. The lowest BCUT2D eigenvalue weighted by molar-refractivity contribution is 0.133. The molecule has 0 unspecified atom stereocenters. The van der Waals surface area contributed by atoms with Gasteiger partial charge in [0.2, 0.25) is 0 Å². The Morgan fingerprint density at radius 2 is 1.83 bits per heavy atom. The second kappa shape index (κ2) is 10.8. The molecule has 18 heavy (non-hydrogen) atoms. The number of hydrogen-bond donors (Lipinski definition) is 1. The molecule has 0 saturated heterocycles. The van der Waals surface area contributed by atoms with Gasteiger partial charge in [0.25, 0.3) is 0 Å². The molecule has 1 N–H and O–H groups in total. The third-order valence-corrected chi connectivity index (χ3v) is 4.35. The topological polar surface area (TPSA) is 55.4 Å². The molecule has 0 aromatic rings. The van der Waals surface area contributed by atoms with E-state index in [9.17, 15) is 8.42 Å². The van der Waals surface area contributed by atoms with Gasteiger partial charge in [0.1, 0.15) is 0 Å². The van der Waals surface area contributed by atoms with Gasteiger partial charge < -0.3 is 10.1 Å². The zero-order valence-corrected chi connectivity index (χ0v) is 12.9. The van der Waals surface area contributed by atoms with Crippen molar-refractivity contribution in [3.8, 4) is 0 Å². The Balaban J connectivity index is 3.42. The molecular weight excluding hydrogens is 250 g/mol. The maximum absolute atomic E-state index is 11.6. The van der Waals surface area contributed by atoms with Crippen LogP contribution in [-0.4, -0.2) is 46.2 Å². The van der Waals surface area contributed by atoms with Crippen molar-refractivity contribution >= 4 is 9.84 Å². The van der Waals surface area contributed by atoms with Gasteiger partial charge in [-0.2, -0.15) is 0 Å². The number of unbranched alkanes of at least 4 members (excludes halogenated alkanes) is 1. The summed E-state index contributed by atoms with van der Waals surface area (Å²) in [5.74, 6) is 0.980. The Hall–Kier alpha value is -0.130. The Bertz CT molecular complexity index is 276. The van der Waals surface area contributed by atoms with Crippen LogP contribution < -0.4 is 5.32 Å². The summed E-state index contributed by atoms with van der Waals surface area (Å²) in [5, 5.41) is 3.10. The summed E-state index contributed by atoms with van der Waals surface area (Å²) in [6.45, 7) is 8.92. The van der Waals surface area contributed by atoms with Crippen molar-refractivity contribution in [1.29, 1.82) is 0 Å². The summed E-state index contributed by atoms with van der Waals surface area (Å²) in [4.78, 5) is 0. The summed E-state index contributed by atoms with van der Waals surface area (Å²) < 4.78 is 28.6. The van der Waals surface area contributed by atoms with Crippen LogP contribution in [0.15, 0.2) is 0 Å². The summed E-state index contributed by atoms with van der Waals surface area (Å²) in [6.07, 6.45) is 2.98. The molecule has 0 aromatic heterocycles. The molecule has 0 aliphatic carbocycles. The minimum absolute atomic E-state index is 0.231. The number of rotatable bonds is 12. The predicted molar refractivity (Wildman–Crippen MR) is 76.7 cm³/mol. The molecule has 110 valence electrons. The highest BCUT2D eigenvalue weighted by Gasteiger charge is 2.10. The van der Waals surface area contributed by atoms with Gasteiger partial charge in [0, 0.05) is 19.7 Å². The quantitative estimate of drug-likeness (QED) is 0.554. The van der Waals surface area contributed by atoms with Crippen LogP contribution in [0.1, 0.15) is 40.0 Å². The minimum Gasteiger partial charge on any atom is -0.380 e. The second-order valence-electron chi connectivity index (χ2n) is 5.05. The maximum Gasteiger partial charge on any atom is 0.151 e. The zero-order valence-electron chi connectivity index (χ0n) is 12.1. The fourth-order valence-corrected chi connectivity index (χ4v) is 2.85. The monoisotopic (exact) mass is 279 g/mol. The van der Waals surface area contributed by atoms with E-state index in [0.717, 1.165) is 32.4 Å². The van der Waals surface area contributed by atoms with Crippen molar-refractivity contribution in [3.63, 3.8) is 0 Å². The van der Waals surface area contributed by atoms with E-state index in [1.165, 1.54) is 0 Å². The van der Waals surface area contributed by atoms with E-state index < -0.39 is 9.84 Å². The lowest BCUT2D eigenvalue weighted by Gasteiger charge is -2.08. The predicted octanol–water partition coefficient (Wildman–Crippen LogP) is 1.85. The van der Waals surface area contributed by atoms with Crippen molar-refractivity contribution < 1.29 is 13.2 Å². The molecule has 0 amide bonds. The number of nitrogens with one attached hydrogen (secondary N) is 1. The summed E-state index contributed by atoms with van der Waals surface area (Å²) in [5.41, 5.74) is 0. The van der Waals surface area contributed by atoms with Gasteiger partial charge >= 0.3 is 0 Å². The highest BCUT2D eigenvalue weighted by molar-refractivity contribution is 7.91. The van der Waals surface area contributed by atoms with Crippen molar-refractivity contribution in [3.05, 3.63) is 0 Å². The summed E-state index contributed by atoms with van der Waals surface area (Å²) in [6, 6.07) is 0. The molecule has 0 aliphatic rings. The first-order valence-corrected chi connectivity index (χ1v) is 8.79. The number of hydrogen-bond acceptors (Lipinski definition) is 4. The van der Waals surface area contributed by atoms with E-state index in [4.69, 9.17) is 4.74 Å². The average Bonchev–Trinajstić information content (AvgIpc) is 2.30. The van der Waals surface area contributed by atoms with Crippen LogP contribution >= 0.6 is 0 Å². The van der Waals surface area contributed by atoms with E-state index in [0.29, 0.717) is 24.8 Å². The molecule has 0 heterocycles. The van der Waals surface area contributed by atoms with Crippen LogP contribution in [0.3, 0.4) is 0 Å². The van der Waals surface area contributed by atoms with Gasteiger partial charge in [-0.1, -0.05) is 27.2 Å². The molecule has 0 saturated carbocycles. The first kappa shape index (κ1) is 17.9. The lowest BCUT2D eigenvalue weighted by atomic mass is 10.2. The highest BCUT2D eigenvalue weighted by Crippen LogP contribution is 2.03. The first-order chi connectivity index (χ1) is 8.48. The van der Waals surface area contributed by atoms with Crippen molar-refractivity contribution in [2.45, 2.75) is 40.0 Å². The van der Waals surface area contributed by atoms with Gasteiger partial charge in [-0.3, -0.25) is 0 Å². The molecule has 0 aromatic carbocycles. The SMILES string of the molecule is CCCCOCCNCCS(=O)(=O)CCC(C)C.